The third kappa shape index (κ3) is 4.03. The van der Waals surface area contributed by atoms with Crippen LogP contribution < -0.4 is 19.1 Å². The predicted octanol–water partition coefficient (Wildman–Crippen LogP) is 4.18. The van der Waals surface area contributed by atoms with Crippen molar-refractivity contribution in [2.45, 2.75) is 43.0 Å². The van der Waals surface area contributed by atoms with Gasteiger partial charge >= 0.3 is 0 Å². The standard InChI is InChI=1S/C19H25N3O5S2/c1-13(2)28(23,24)20-14-5-3-6-15(11-14)27-16-8-9-17-18(12-16)29(25,26)21-19-7-4-10-22(17)19/h3,5-6,8-9,11-13,19-21,25-26H,4,7,10H2,1-2H3. The largest absolute Gasteiger partial charge is 0.457 e. The van der Waals surface area contributed by atoms with Crippen molar-refractivity contribution in [2.75, 3.05) is 16.2 Å². The van der Waals surface area contributed by atoms with E-state index in [-0.39, 0.29) is 6.17 Å². The summed E-state index contributed by atoms with van der Waals surface area (Å²) in [5.41, 5.74) is 1.21. The van der Waals surface area contributed by atoms with Crippen molar-refractivity contribution in [1.82, 2.24) is 4.72 Å². The number of rotatable bonds is 5. The summed E-state index contributed by atoms with van der Waals surface area (Å²) in [5, 5.41) is -0.556. The van der Waals surface area contributed by atoms with E-state index in [4.69, 9.17) is 4.74 Å². The summed E-state index contributed by atoms with van der Waals surface area (Å²) in [6, 6.07) is 11.9. The monoisotopic (exact) mass is 439 g/mol. The van der Waals surface area contributed by atoms with Gasteiger partial charge in [-0.15, -0.1) is 10.8 Å². The van der Waals surface area contributed by atoms with E-state index in [1.54, 1.807) is 50.2 Å². The van der Waals surface area contributed by atoms with Gasteiger partial charge in [-0.05, 0) is 51.0 Å². The predicted molar refractivity (Wildman–Crippen MR) is 115 cm³/mol. The Labute approximate surface area is 172 Å². The van der Waals surface area contributed by atoms with Gasteiger partial charge in [-0.25, -0.2) is 8.42 Å². The minimum Gasteiger partial charge on any atom is -0.457 e. The number of hydrogen-bond donors (Lipinski definition) is 4. The van der Waals surface area contributed by atoms with E-state index in [2.05, 4.69) is 14.3 Å². The van der Waals surface area contributed by atoms with Crippen molar-refractivity contribution in [3.05, 3.63) is 42.5 Å². The Hall–Kier alpha value is -1.98. The lowest BCUT2D eigenvalue weighted by atomic mass is 10.2. The van der Waals surface area contributed by atoms with Gasteiger partial charge in [0.05, 0.1) is 22.8 Å². The van der Waals surface area contributed by atoms with Crippen LogP contribution in [0.15, 0.2) is 47.4 Å². The molecule has 2 aromatic carbocycles. The number of nitrogens with zero attached hydrogens (tertiary/aromatic N) is 1. The minimum absolute atomic E-state index is 0.0649. The number of nitrogens with one attached hydrogen (secondary N) is 2. The Bertz CT molecular complexity index is 1030. The number of anilines is 2. The number of ether oxygens (including phenoxy) is 1. The molecular formula is C19H25N3O5S2. The Morgan fingerprint density at radius 1 is 1.21 bits per heavy atom. The smallest absolute Gasteiger partial charge is 0.235 e. The fraction of sp³-hybridized carbons (Fsp3) is 0.368. The molecule has 0 amide bonds. The first kappa shape index (κ1) is 20.3. The fourth-order valence-electron chi connectivity index (χ4n) is 3.50. The molecule has 1 unspecified atom stereocenters. The van der Waals surface area contributed by atoms with Gasteiger partial charge < -0.3 is 9.64 Å². The van der Waals surface area contributed by atoms with Gasteiger partial charge in [-0.1, -0.05) is 6.07 Å². The summed E-state index contributed by atoms with van der Waals surface area (Å²) >= 11 is 0. The van der Waals surface area contributed by atoms with Crippen molar-refractivity contribution in [1.29, 1.82) is 0 Å². The molecule has 0 aliphatic carbocycles. The van der Waals surface area contributed by atoms with E-state index in [0.717, 1.165) is 25.1 Å². The Kier molecular flexibility index (Phi) is 5.16. The second-order valence-electron chi connectivity index (χ2n) is 7.47. The topological polar surface area (TPSA) is 111 Å². The highest BCUT2D eigenvalue weighted by atomic mass is 32.3. The van der Waals surface area contributed by atoms with Crippen LogP contribution in [0.4, 0.5) is 11.4 Å². The SMILES string of the molecule is CC(C)S(=O)(=O)Nc1cccc(Oc2ccc3c(c2)S(O)(O)NC2CCCN32)c1. The molecule has 0 radical (unpaired) electrons. The molecule has 4 rings (SSSR count). The zero-order chi connectivity index (χ0) is 20.8. The molecule has 2 aliphatic rings. The van der Waals surface area contributed by atoms with Gasteiger partial charge in [0.15, 0.2) is 0 Å². The van der Waals surface area contributed by atoms with Gasteiger partial charge in [0, 0.05) is 18.7 Å². The summed E-state index contributed by atoms with van der Waals surface area (Å²) < 4.78 is 56.6. The summed E-state index contributed by atoms with van der Waals surface area (Å²) in [7, 11) is -6.57. The Morgan fingerprint density at radius 2 is 1.97 bits per heavy atom. The molecule has 4 N–H and O–H groups in total. The maximum absolute atomic E-state index is 12.1. The number of fused-ring (bicyclic) bond motifs is 3. The Balaban J connectivity index is 1.59. The second kappa shape index (κ2) is 7.37. The lowest BCUT2D eigenvalue weighted by Gasteiger charge is -2.46. The number of benzene rings is 2. The molecule has 1 fully saturated rings. The molecule has 2 heterocycles. The highest BCUT2D eigenvalue weighted by Crippen LogP contribution is 2.55. The van der Waals surface area contributed by atoms with E-state index in [9.17, 15) is 17.5 Å². The van der Waals surface area contributed by atoms with Crippen LogP contribution in [-0.2, 0) is 10.0 Å². The molecule has 2 aromatic rings. The second-order valence-corrected chi connectivity index (χ2v) is 11.5. The van der Waals surface area contributed by atoms with Crippen LogP contribution in [0.1, 0.15) is 26.7 Å². The molecule has 0 bridgehead atoms. The lowest BCUT2D eigenvalue weighted by molar-refractivity contribution is 0.440. The first-order valence-corrected chi connectivity index (χ1v) is 12.5. The van der Waals surface area contributed by atoms with Crippen LogP contribution in [0.3, 0.4) is 0 Å². The van der Waals surface area contributed by atoms with Crippen molar-refractivity contribution in [2.24, 2.45) is 0 Å². The van der Waals surface area contributed by atoms with Gasteiger partial charge in [0.1, 0.15) is 16.4 Å². The van der Waals surface area contributed by atoms with Crippen LogP contribution in [0.25, 0.3) is 0 Å². The Morgan fingerprint density at radius 3 is 2.72 bits per heavy atom. The van der Waals surface area contributed by atoms with Gasteiger partial charge in [-0.3, -0.25) is 13.8 Å². The molecule has 0 saturated carbocycles. The van der Waals surface area contributed by atoms with E-state index in [1.165, 1.54) is 0 Å². The minimum atomic E-state index is -3.46. The van der Waals surface area contributed by atoms with Crippen molar-refractivity contribution >= 4 is 32.2 Å². The van der Waals surface area contributed by atoms with Crippen molar-refractivity contribution < 1.29 is 22.3 Å². The quantitative estimate of drug-likeness (QED) is 0.553. The van der Waals surface area contributed by atoms with Crippen LogP contribution in [0, 0.1) is 0 Å². The van der Waals surface area contributed by atoms with Crippen LogP contribution >= 0.6 is 10.8 Å². The zero-order valence-corrected chi connectivity index (χ0v) is 17.8. The first-order chi connectivity index (χ1) is 13.7. The summed E-state index contributed by atoms with van der Waals surface area (Å²) in [5.74, 6) is 0.875. The summed E-state index contributed by atoms with van der Waals surface area (Å²) in [6.45, 7) is 4.07. The average molecular weight is 440 g/mol. The average Bonchev–Trinajstić information content (AvgIpc) is 3.09. The van der Waals surface area contributed by atoms with E-state index < -0.39 is 26.0 Å². The van der Waals surface area contributed by atoms with Crippen LogP contribution in [0.2, 0.25) is 0 Å². The zero-order valence-electron chi connectivity index (χ0n) is 16.2. The molecule has 10 heteroatoms. The van der Waals surface area contributed by atoms with Gasteiger partial charge in [-0.2, -0.15) is 4.72 Å². The molecule has 0 spiro atoms. The van der Waals surface area contributed by atoms with Gasteiger partial charge in [0.25, 0.3) is 0 Å². The lowest BCUT2D eigenvalue weighted by Crippen LogP contribution is -2.46. The third-order valence-corrected chi connectivity index (χ3v) is 8.35. The highest BCUT2D eigenvalue weighted by molar-refractivity contribution is 8.22. The molecule has 2 aliphatic heterocycles. The molecule has 158 valence electrons. The molecule has 1 atom stereocenters. The highest BCUT2D eigenvalue weighted by Gasteiger charge is 2.38. The molecule has 29 heavy (non-hydrogen) atoms. The van der Waals surface area contributed by atoms with Crippen molar-refractivity contribution in [3.8, 4) is 11.5 Å². The van der Waals surface area contributed by atoms with Gasteiger partial charge in [0.2, 0.25) is 10.0 Å². The molecule has 8 nitrogen and oxygen atoms in total. The molecule has 1 saturated heterocycles. The first-order valence-electron chi connectivity index (χ1n) is 9.41. The number of hydrogen-bond acceptors (Lipinski definition) is 7. The number of sulfonamides is 1. The molecule has 0 aromatic heterocycles. The third-order valence-electron chi connectivity index (χ3n) is 5.05. The van der Waals surface area contributed by atoms with E-state index >= 15 is 0 Å². The maximum Gasteiger partial charge on any atom is 0.235 e. The summed E-state index contributed by atoms with van der Waals surface area (Å²) in [6.07, 6.45) is 1.79. The fourth-order valence-corrected chi connectivity index (χ4v) is 5.70. The van der Waals surface area contributed by atoms with E-state index in [0.29, 0.717) is 22.1 Å². The van der Waals surface area contributed by atoms with Crippen molar-refractivity contribution in [3.63, 3.8) is 0 Å². The van der Waals surface area contributed by atoms with Crippen LogP contribution in [-0.4, -0.2) is 35.5 Å². The normalized spacial score (nSPS) is 21.4. The van der Waals surface area contributed by atoms with E-state index in [1.807, 2.05) is 6.07 Å². The summed E-state index contributed by atoms with van der Waals surface area (Å²) in [4.78, 5) is 2.54. The maximum atomic E-state index is 12.1. The van der Waals surface area contributed by atoms with Crippen LogP contribution in [0.5, 0.6) is 11.5 Å². The molecular weight excluding hydrogens is 414 g/mol.